The van der Waals surface area contributed by atoms with E-state index in [2.05, 4.69) is 42.5 Å². The van der Waals surface area contributed by atoms with Crippen LogP contribution in [0.25, 0.3) is 88.7 Å². The number of benzene rings is 11. The van der Waals surface area contributed by atoms with Crippen molar-refractivity contribution in [1.82, 2.24) is 0 Å². The molecule has 11 aromatic carbocycles. The lowest BCUT2D eigenvalue weighted by Gasteiger charge is -2.26. The minimum absolute atomic E-state index is 0.0872. The van der Waals surface area contributed by atoms with Crippen LogP contribution in [-0.4, -0.2) is 0 Å². The van der Waals surface area contributed by atoms with Crippen LogP contribution < -0.4 is 4.90 Å². The number of fused-ring (bicyclic) bond motifs is 1. The zero-order valence-electron chi connectivity index (χ0n) is 43.3. The summed E-state index contributed by atoms with van der Waals surface area (Å²) in [4.78, 5) is 1.36. The standard InChI is InChI=1S/C64H45N/c1-4-13-46(14-5-1)50-23-25-51(26-24-50)52-29-35-62(36-30-52)65(63-37-31-53(32-38-63)56-21-12-22-57(41-56)58-28-27-49-19-10-11-20-55(49)42-58)64-39-33-54(34-40-64)61-44-59(47-15-6-2-7-16-47)43-60(45-61)48-17-8-3-9-18-48/h1-45H/i29D,30D,33D,34D,35D,36D,39D,40D. The van der Waals surface area contributed by atoms with Crippen LogP contribution in [0.15, 0.2) is 273 Å². The van der Waals surface area contributed by atoms with E-state index in [1.54, 1.807) is 24.3 Å². The molecule has 0 aliphatic carbocycles. The second kappa shape index (κ2) is 17.7. The van der Waals surface area contributed by atoms with Gasteiger partial charge in [-0.05, 0) is 155 Å². The normalized spacial score (nSPS) is 12.8. The highest BCUT2D eigenvalue weighted by Gasteiger charge is 2.15. The molecule has 306 valence electrons. The molecule has 0 N–H and O–H groups in total. The predicted octanol–water partition coefficient (Wildman–Crippen LogP) is 18.0. The maximum atomic E-state index is 9.79. The van der Waals surface area contributed by atoms with E-state index in [0.29, 0.717) is 16.8 Å². The molecule has 1 heteroatoms. The van der Waals surface area contributed by atoms with Gasteiger partial charge in [0.25, 0.3) is 0 Å². The molecule has 0 saturated carbocycles. The molecule has 0 spiro atoms. The SMILES string of the molecule is [2H]c1c([2H])c(N(c2ccc(-c3cccc(-c4ccc5ccccc5c4)c3)cc2)c2c([2H])c([2H])c(-c3cc(-c4ccccc4)cc(-c4ccccc4)c3)c([2H])c2[2H])c([2H])c([2H])c1-c1ccc(-c2ccccc2)cc1. The van der Waals surface area contributed by atoms with Crippen molar-refractivity contribution in [2.75, 3.05) is 4.90 Å². The van der Waals surface area contributed by atoms with Crippen LogP contribution >= 0.6 is 0 Å². The maximum absolute atomic E-state index is 9.79. The van der Waals surface area contributed by atoms with E-state index in [1.165, 1.54) is 4.90 Å². The van der Waals surface area contributed by atoms with Crippen LogP contribution in [0.2, 0.25) is 0 Å². The summed E-state index contributed by atoms with van der Waals surface area (Å²) < 4.78 is 77.2. The summed E-state index contributed by atoms with van der Waals surface area (Å²) in [6, 6.07) is 69.8. The topological polar surface area (TPSA) is 3.24 Å². The van der Waals surface area contributed by atoms with Crippen molar-refractivity contribution in [1.29, 1.82) is 0 Å². The summed E-state index contributed by atoms with van der Waals surface area (Å²) in [6.45, 7) is 0. The molecule has 1 nitrogen and oxygen atoms in total. The lowest BCUT2D eigenvalue weighted by atomic mass is 9.93. The molecule has 0 heterocycles. The van der Waals surface area contributed by atoms with Crippen LogP contribution in [-0.2, 0) is 0 Å². The molecule has 11 aromatic rings. The van der Waals surface area contributed by atoms with Gasteiger partial charge >= 0.3 is 0 Å². The molecule has 0 fully saturated rings. The van der Waals surface area contributed by atoms with Gasteiger partial charge in [0, 0.05) is 17.1 Å². The molecule has 0 aliphatic rings. The van der Waals surface area contributed by atoms with Crippen molar-refractivity contribution >= 4 is 27.8 Å². The average Bonchev–Trinajstić information content (AvgIpc) is 3.44. The largest absolute Gasteiger partial charge is 0.311 e. The number of nitrogens with zero attached hydrogens (tertiary/aromatic N) is 1. The Morgan fingerprint density at radius 1 is 0.200 bits per heavy atom. The summed E-state index contributed by atoms with van der Waals surface area (Å²) in [5.41, 5.74) is 10.4. The summed E-state index contributed by atoms with van der Waals surface area (Å²) in [6.07, 6.45) is 0. The highest BCUT2D eigenvalue weighted by atomic mass is 15.1. The third-order valence-electron chi connectivity index (χ3n) is 11.8. The molecule has 0 saturated heterocycles. The van der Waals surface area contributed by atoms with Gasteiger partial charge in [0.1, 0.15) is 0 Å². The molecule has 0 radical (unpaired) electrons. The summed E-state index contributed by atoms with van der Waals surface area (Å²) in [5.74, 6) is 0. The number of anilines is 3. The third kappa shape index (κ3) is 8.40. The first-order valence-electron chi connectivity index (χ1n) is 25.7. The van der Waals surface area contributed by atoms with Crippen LogP contribution in [0, 0.1) is 0 Å². The van der Waals surface area contributed by atoms with Crippen LogP contribution in [0.1, 0.15) is 11.0 Å². The van der Waals surface area contributed by atoms with Gasteiger partial charge in [-0.25, -0.2) is 0 Å². The smallest absolute Gasteiger partial charge is 0.0645 e. The Hall–Kier alpha value is -8.52. The van der Waals surface area contributed by atoms with E-state index >= 15 is 0 Å². The fraction of sp³-hybridized carbons (Fsp3) is 0. The Morgan fingerprint density at radius 3 is 1.06 bits per heavy atom. The van der Waals surface area contributed by atoms with Gasteiger partial charge in [0.15, 0.2) is 0 Å². The van der Waals surface area contributed by atoms with E-state index < -0.39 is 24.2 Å². The van der Waals surface area contributed by atoms with Gasteiger partial charge < -0.3 is 4.90 Å². The Morgan fingerprint density at radius 2 is 0.523 bits per heavy atom. The lowest BCUT2D eigenvalue weighted by Crippen LogP contribution is -2.09. The monoisotopic (exact) mass is 835 g/mol. The zero-order chi connectivity index (χ0) is 50.3. The average molecular weight is 836 g/mol. The van der Waals surface area contributed by atoms with E-state index in [9.17, 15) is 11.0 Å². The second-order valence-corrected chi connectivity index (χ2v) is 15.9. The van der Waals surface area contributed by atoms with Gasteiger partial charge in [0.2, 0.25) is 0 Å². The summed E-state index contributed by atoms with van der Waals surface area (Å²) >= 11 is 0. The van der Waals surface area contributed by atoms with Crippen molar-refractivity contribution in [3.8, 4) is 77.9 Å². The molecule has 65 heavy (non-hydrogen) atoms. The number of rotatable bonds is 10. The first-order valence-corrected chi connectivity index (χ1v) is 21.7. The third-order valence-corrected chi connectivity index (χ3v) is 11.8. The number of hydrogen-bond acceptors (Lipinski definition) is 1. The minimum atomic E-state index is -0.410. The number of hydrogen-bond donors (Lipinski definition) is 0. The van der Waals surface area contributed by atoms with Gasteiger partial charge in [0.05, 0.1) is 11.0 Å². The fourth-order valence-electron chi connectivity index (χ4n) is 8.37. The maximum Gasteiger partial charge on any atom is 0.0645 e. The zero-order valence-corrected chi connectivity index (χ0v) is 35.3. The summed E-state index contributed by atoms with van der Waals surface area (Å²) in [7, 11) is 0. The minimum Gasteiger partial charge on any atom is -0.311 e. The van der Waals surface area contributed by atoms with Crippen LogP contribution in [0.5, 0.6) is 0 Å². The first kappa shape index (κ1) is 31.3. The molecule has 0 atom stereocenters. The Balaban J connectivity index is 1.07. The van der Waals surface area contributed by atoms with Gasteiger partial charge in [-0.2, -0.15) is 0 Å². The predicted molar refractivity (Wildman–Crippen MR) is 277 cm³/mol. The van der Waals surface area contributed by atoms with E-state index in [4.69, 9.17) is 0 Å². The lowest BCUT2D eigenvalue weighted by molar-refractivity contribution is 1.28. The Bertz CT molecular complexity index is 3750. The molecule has 11 rings (SSSR count). The van der Waals surface area contributed by atoms with E-state index in [1.807, 2.05) is 158 Å². The van der Waals surface area contributed by atoms with E-state index in [0.717, 1.165) is 66.4 Å². The molecular formula is C64H45N. The quantitative estimate of drug-likeness (QED) is 0.133. The summed E-state index contributed by atoms with van der Waals surface area (Å²) in [5, 5.41) is 2.29. The van der Waals surface area contributed by atoms with Crippen molar-refractivity contribution in [2.24, 2.45) is 0 Å². The van der Waals surface area contributed by atoms with Gasteiger partial charge in [-0.3, -0.25) is 0 Å². The molecular weight excluding hydrogens is 783 g/mol. The fourth-order valence-corrected chi connectivity index (χ4v) is 8.37. The van der Waals surface area contributed by atoms with Crippen molar-refractivity contribution in [3.63, 3.8) is 0 Å². The van der Waals surface area contributed by atoms with Crippen molar-refractivity contribution in [3.05, 3.63) is 273 Å². The van der Waals surface area contributed by atoms with Gasteiger partial charge in [-0.15, -0.1) is 0 Å². The van der Waals surface area contributed by atoms with Gasteiger partial charge in [-0.1, -0.05) is 206 Å². The van der Waals surface area contributed by atoms with Crippen molar-refractivity contribution < 1.29 is 11.0 Å². The first-order chi connectivity index (χ1) is 35.5. The Labute approximate surface area is 393 Å². The second-order valence-electron chi connectivity index (χ2n) is 15.9. The molecule has 0 aliphatic heterocycles. The highest BCUT2D eigenvalue weighted by molar-refractivity contribution is 5.89. The van der Waals surface area contributed by atoms with E-state index in [-0.39, 0.29) is 46.7 Å². The Kier molecular flexibility index (Phi) is 8.53. The molecule has 0 amide bonds. The molecule has 0 aromatic heterocycles. The van der Waals surface area contributed by atoms with Crippen LogP contribution in [0.3, 0.4) is 0 Å². The van der Waals surface area contributed by atoms with Crippen LogP contribution in [0.4, 0.5) is 17.1 Å². The highest BCUT2D eigenvalue weighted by Crippen LogP contribution is 2.40. The molecule has 0 unspecified atom stereocenters. The van der Waals surface area contributed by atoms with Crippen molar-refractivity contribution in [2.45, 2.75) is 0 Å². The molecule has 0 bridgehead atoms.